The molecule has 0 aliphatic rings. The number of benzene rings is 1. The Kier molecular flexibility index (Phi) is 4.86. The Morgan fingerprint density at radius 1 is 1.21 bits per heavy atom. The lowest BCUT2D eigenvalue weighted by Gasteiger charge is -2.18. The van der Waals surface area contributed by atoms with Gasteiger partial charge in [-0.1, -0.05) is 16.5 Å². The SMILES string of the molecule is CC(C)(C)[S+]([O-])/N=C/c1ccccc1OC(F)(F)F. The number of rotatable bonds is 3. The molecule has 0 aromatic heterocycles. The molecular weight excluding hydrogens is 279 g/mol. The van der Waals surface area contributed by atoms with Crippen molar-refractivity contribution >= 4 is 17.6 Å². The lowest BCUT2D eigenvalue weighted by atomic mass is 10.2. The highest BCUT2D eigenvalue weighted by molar-refractivity contribution is 7.91. The summed E-state index contributed by atoms with van der Waals surface area (Å²) in [6.45, 7) is 5.16. The molecule has 1 aromatic carbocycles. The monoisotopic (exact) mass is 293 g/mol. The van der Waals surface area contributed by atoms with Crippen LogP contribution in [-0.4, -0.2) is 21.9 Å². The molecule has 1 unspecified atom stereocenters. The Morgan fingerprint density at radius 2 is 1.79 bits per heavy atom. The fourth-order valence-electron chi connectivity index (χ4n) is 1.07. The first kappa shape index (κ1) is 15.8. The maximum Gasteiger partial charge on any atom is 0.573 e. The molecule has 106 valence electrons. The van der Waals surface area contributed by atoms with Gasteiger partial charge in [0.05, 0.1) is 6.21 Å². The summed E-state index contributed by atoms with van der Waals surface area (Å²) >= 11 is -1.54. The van der Waals surface area contributed by atoms with Gasteiger partial charge >= 0.3 is 6.36 Å². The highest BCUT2D eigenvalue weighted by Gasteiger charge is 2.32. The Hall–Kier alpha value is -1.21. The summed E-state index contributed by atoms with van der Waals surface area (Å²) in [5.41, 5.74) is 0.123. The molecule has 0 N–H and O–H groups in total. The number of hydrogen-bond acceptors (Lipinski definition) is 3. The molecule has 0 fully saturated rings. The van der Waals surface area contributed by atoms with Crippen LogP contribution in [0.4, 0.5) is 13.2 Å². The third-order valence-corrected chi connectivity index (χ3v) is 3.30. The Morgan fingerprint density at radius 3 is 2.32 bits per heavy atom. The number of para-hydroxylation sites is 1. The van der Waals surface area contributed by atoms with Crippen molar-refractivity contribution in [2.45, 2.75) is 31.9 Å². The van der Waals surface area contributed by atoms with E-state index in [1.165, 1.54) is 18.2 Å². The van der Waals surface area contributed by atoms with Crippen molar-refractivity contribution in [1.82, 2.24) is 0 Å². The zero-order chi connectivity index (χ0) is 14.7. The molecule has 3 nitrogen and oxygen atoms in total. The van der Waals surface area contributed by atoms with Crippen LogP contribution in [0.1, 0.15) is 26.3 Å². The van der Waals surface area contributed by atoms with E-state index in [9.17, 15) is 17.7 Å². The van der Waals surface area contributed by atoms with Crippen LogP contribution in [0.3, 0.4) is 0 Å². The molecule has 0 amide bonds. The molecule has 0 heterocycles. The summed E-state index contributed by atoms with van der Waals surface area (Å²) in [5, 5.41) is 0. The molecule has 0 saturated heterocycles. The first-order valence-corrected chi connectivity index (χ1v) is 6.51. The van der Waals surface area contributed by atoms with E-state index in [2.05, 4.69) is 9.13 Å². The molecule has 0 saturated carbocycles. The molecule has 19 heavy (non-hydrogen) atoms. The van der Waals surface area contributed by atoms with Crippen molar-refractivity contribution in [2.24, 2.45) is 4.40 Å². The zero-order valence-electron chi connectivity index (χ0n) is 10.7. The summed E-state index contributed by atoms with van der Waals surface area (Å²) in [5.74, 6) is -0.371. The van der Waals surface area contributed by atoms with Crippen molar-refractivity contribution < 1.29 is 22.5 Å². The van der Waals surface area contributed by atoms with Crippen molar-refractivity contribution in [3.05, 3.63) is 29.8 Å². The van der Waals surface area contributed by atoms with Crippen LogP contribution in [0.5, 0.6) is 5.75 Å². The number of ether oxygens (including phenoxy) is 1. The van der Waals surface area contributed by atoms with Crippen LogP contribution in [0, 0.1) is 0 Å². The van der Waals surface area contributed by atoms with Gasteiger partial charge in [-0.25, -0.2) is 0 Å². The minimum atomic E-state index is -4.77. The fourth-order valence-corrected chi connectivity index (χ4v) is 1.59. The van der Waals surface area contributed by atoms with Crippen LogP contribution >= 0.6 is 0 Å². The molecule has 1 atom stereocenters. The standard InChI is InChI=1S/C12H14F3NO2S/c1-11(2,3)19(17)16-8-9-6-4-5-7-10(9)18-12(13,14)15/h4-8H,1-3H3/b16-8+. The van der Waals surface area contributed by atoms with Gasteiger partial charge in [0, 0.05) is 5.56 Å². The Labute approximate surface area is 112 Å². The van der Waals surface area contributed by atoms with Gasteiger partial charge < -0.3 is 9.29 Å². The van der Waals surface area contributed by atoms with Gasteiger partial charge in [0.2, 0.25) is 0 Å². The van der Waals surface area contributed by atoms with E-state index in [4.69, 9.17) is 0 Å². The fraction of sp³-hybridized carbons (Fsp3) is 0.417. The quantitative estimate of drug-likeness (QED) is 0.632. The van der Waals surface area contributed by atoms with Crippen molar-refractivity contribution in [1.29, 1.82) is 0 Å². The summed E-state index contributed by atoms with van der Waals surface area (Å²) in [7, 11) is 0. The first-order valence-electron chi connectivity index (χ1n) is 5.40. The van der Waals surface area contributed by atoms with Gasteiger partial charge in [0.15, 0.2) is 0 Å². The molecule has 0 aliphatic heterocycles. The van der Waals surface area contributed by atoms with Gasteiger partial charge in [-0.15, -0.1) is 13.2 Å². The molecule has 0 radical (unpaired) electrons. The smallest absolute Gasteiger partial charge is 0.573 e. The van der Waals surface area contributed by atoms with Crippen molar-refractivity contribution in [3.63, 3.8) is 0 Å². The van der Waals surface area contributed by atoms with E-state index in [-0.39, 0.29) is 11.3 Å². The first-order chi connectivity index (χ1) is 8.59. The minimum Gasteiger partial charge on any atom is -0.591 e. The molecule has 1 aromatic rings. The summed E-state index contributed by atoms with van der Waals surface area (Å²) in [6, 6.07) is 5.54. The van der Waals surface area contributed by atoms with E-state index in [0.717, 1.165) is 6.21 Å². The predicted molar refractivity (Wildman–Crippen MR) is 68.6 cm³/mol. The highest BCUT2D eigenvalue weighted by Crippen LogP contribution is 2.25. The second-order valence-corrected chi connectivity index (χ2v) is 6.62. The van der Waals surface area contributed by atoms with Gasteiger partial charge in [0.25, 0.3) is 0 Å². The molecule has 1 rings (SSSR count). The summed E-state index contributed by atoms with van der Waals surface area (Å²) < 4.78 is 55.3. The summed E-state index contributed by atoms with van der Waals surface area (Å²) in [6.07, 6.45) is -3.64. The van der Waals surface area contributed by atoms with E-state index in [0.29, 0.717) is 0 Å². The van der Waals surface area contributed by atoms with E-state index in [1.54, 1.807) is 26.8 Å². The molecular formula is C12H14F3NO2S. The second kappa shape index (κ2) is 5.83. The van der Waals surface area contributed by atoms with Crippen LogP contribution < -0.4 is 4.74 Å². The number of nitrogens with zero attached hydrogens (tertiary/aromatic N) is 1. The third kappa shape index (κ3) is 5.52. The maximum absolute atomic E-state index is 12.2. The van der Waals surface area contributed by atoms with Gasteiger partial charge in [-0.3, -0.25) is 0 Å². The van der Waals surface area contributed by atoms with Gasteiger partial charge in [0.1, 0.15) is 21.9 Å². The Balaban J connectivity index is 2.93. The number of halogens is 3. The lowest BCUT2D eigenvalue weighted by Crippen LogP contribution is -2.26. The number of hydrogen-bond donors (Lipinski definition) is 0. The second-order valence-electron chi connectivity index (χ2n) is 4.68. The lowest BCUT2D eigenvalue weighted by molar-refractivity contribution is -0.274. The largest absolute Gasteiger partial charge is 0.591 e. The molecule has 0 spiro atoms. The molecule has 0 bridgehead atoms. The average Bonchev–Trinajstić information content (AvgIpc) is 2.24. The van der Waals surface area contributed by atoms with Crippen LogP contribution in [0.25, 0.3) is 0 Å². The van der Waals surface area contributed by atoms with Crippen LogP contribution in [-0.2, 0) is 11.4 Å². The van der Waals surface area contributed by atoms with Crippen molar-refractivity contribution in [2.75, 3.05) is 0 Å². The minimum absolute atomic E-state index is 0.123. The topological polar surface area (TPSA) is 44.7 Å². The molecule has 0 aliphatic carbocycles. The number of alkyl halides is 3. The summed E-state index contributed by atoms with van der Waals surface area (Å²) in [4.78, 5) is 0. The van der Waals surface area contributed by atoms with Crippen LogP contribution in [0.2, 0.25) is 0 Å². The van der Waals surface area contributed by atoms with Gasteiger partial charge in [-0.2, -0.15) is 0 Å². The zero-order valence-corrected chi connectivity index (χ0v) is 11.5. The molecule has 7 heteroatoms. The van der Waals surface area contributed by atoms with E-state index >= 15 is 0 Å². The third-order valence-electron chi connectivity index (χ3n) is 1.96. The Bertz CT molecular complexity index is 455. The van der Waals surface area contributed by atoms with E-state index < -0.39 is 22.5 Å². The maximum atomic E-state index is 12.2. The highest BCUT2D eigenvalue weighted by atomic mass is 32.2. The van der Waals surface area contributed by atoms with Crippen molar-refractivity contribution in [3.8, 4) is 5.75 Å². The predicted octanol–water partition coefficient (Wildman–Crippen LogP) is 3.47. The normalized spacial score (nSPS) is 14.7. The van der Waals surface area contributed by atoms with Gasteiger partial charge in [-0.05, 0) is 32.9 Å². The van der Waals surface area contributed by atoms with Crippen LogP contribution in [0.15, 0.2) is 28.7 Å². The van der Waals surface area contributed by atoms with E-state index in [1.807, 2.05) is 0 Å². The average molecular weight is 293 g/mol.